The molecule has 0 saturated carbocycles. The van der Waals surface area contributed by atoms with Crippen molar-refractivity contribution in [3.8, 4) is 22.6 Å². The molecule has 2 N–H and O–H groups in total. The van der Waals surface area contributed by atoms with E-state index in [1.165, 1.54) is 0 Å². The molecule has 0 bridgehead atoms. The van der Waals surface area contributed by atoms with E-state index < -0.39 is 22.7 Å². The number of sulfonamides is 1. The lowest BCUT2D eigenvalue weighted by Crippen LogP contribution is -2.18. The van der Waals surface area contributed by atoms with Crippen molar-refractivity contribution < 1.29 is 26.7 Å². The van der Waals surface area contributed by atoms with Crippen LogP contribution in [0.2, 0.25) is 0 Å². The van der Waals surface area contributed by atoms with E-state index in [0.29, 0.717) is 40.0 Å². The van der Waals surface area contributed by atoms with Gasteiger partial charge in [0.25, 0.3) is 0 Å². The van der Waals surface area contributed by atoms with E-state index in [9.17, 15) is 17.2 Å². The molecule has 0 amide bonds. The van der Waals surface area contributed by atoms with Crippen LogP contribution in [0.15, 0.2) is 43.0 Å². The topological polar surface area (TPSA) is 78.6 Å². The summed E-state index contributed by atoms with van der Waals surface area (Å²) in [5.41, 5.74) is 2.78. The van der Waals surface area contributed by atoms with E-state index >= 15 is 0 Å². The van der Waals surface area contributed by atoms with Gasteiger partial charge >= 0.3 is 6.61 Å². The van der Waals surface area contributed by atoms with Gasteiger partial charge in [0, 0.05) is 12.0 Å². The Hall–Kier alpha value is -2.45. The summed E-state index contributed by atoms with van der Waals surface area (Å²) in [6.07, 6.45) is 1.72. The molecular weight excluding hydrogens is 376 g/mol. The summed E-state index contributed by atoms with van der Waals surface area (Å²) in [6, 6.07) is 8.33. The number of alkyl halides is 2. The number of rotatable bonds is 6. The van der Waals surface area contributed by atoms with Gasteiger partial charge in [-0.15, -0.1) is 6.58 Å². The maximum atomic E-state index is 12.9. The van der Waals surface area contributed by atoms with Crippen molar-refractivity contribution in [2.45, 2.75) is 31.8 Å². The maximum absolute atomic E-state index is 12.9. The lowest BCUT2D eigenvalue weighted by atomic mass is 9.89. The zero-order chi connectivity index (χ0) is 19.8. The van der Waals surface area contributed by atoms with Gasteiger partial charge in [-0.3, -0.25) is 0 Å². The number of halogens is 2. The summed E-state index contributed by atoms with van der Waals surface area (Å²) in [5.74, 6) is 0.136. The lowest BCUT2D eigenvalue weighted by molar-refractivity contribution is -0.0500. The van der Waals surface area contributed by atoms with E-state index in [4.69, 9.17) is 14.6 Å². The second kappa shape index (κ2) is 7.28. The standard InChI is InChI=1S/C19H19F2NO4S/c1-3-4-15-14-9-12(10-27(22,23)24)6-7-13(14)17-16(25-15)8-5-11(2)18(17)26-19(20)21/h3,5-9,15,19H,1,4,10H2,2H3,(H2,22,23,24). The fourth-order valence-electron chi connectivity index (χ4n) is 3.23. The molecule has 2 aromatic rings. The summed E-state index contributed by atoms with van der Waals surface area (Å²) in [6.45, 7) is 2.41. The molecule has 2 aromatic carbocycles. The molecule has 144 valence electrons. The first-order chi connectivity index (χ1) is 12.7. The SMILES string of the molecule is C=CCC1Oc2ccc(C)c(OC(F)F)c2-c2ccc(CS(N)(=O)=O)cc21. The molecule has 0 aromatic heterocycles. The normalized spacial score (nSPS) is 15.7. The minimum Gasteiger partial charge on any atom is -0.485 e. The number of primary sulfonamides is 1. The molecule has 1 unspecified atom stereocenters. The predicted molar refractivity (Wildman–Crippen MR) is 98.2 cm³/mol. The molecule has 0 fully saturated rings. The Morgan fingerprint density at radius 3 is 2.70 bits per heavy atom. The molecule has 5 nitrogen and oxygen atoms in total. The van der Waals surface area contributed by atoms with E-state index in [-0.39, 0.29) is 11.5 Å². The average molecular weight is 395 g/mol. The Balaban J connectivity index is 2.20. The summed E-state index contributed by atoms with van der Waals surface area (Å²) in [5, 5.41) is 5.13. The third kappa shape index (κ3) is 4.12. The molecule has 1 aliphatic rings. The molecule has 1 atom stereocenters. The highest BCUT2D eigenvalue weighted by Crippen LogP contribution is 2.49. The monoisotopic (exact) mass is 395 g/mol. The van der Waals surface area contributed by atoms with Gasteiger partial charge in [-0.25, -0.2) is 13.6 Å². The van der Waals surface area contributed by atoms with Crippen LogP contribution < -0.4 is 14.6 Å². The number of nitrogens with two attached hydrogens (primary N) is 1. The molecule has 1 heterocycles. The van der Waals surface area contributed by atoms with Crippen molar-refractivity contribution in [1.29, 1.82) is 0 Å². The Morgan fingerprint density at radius 1 is 1.33 bits per heavy atom. The molecular formula is C19H19F2NO4S. The van der Waals surface area contributed by atoms with Crippen molar-refractivity contribution in [3.05, 3.63) is 59.7 Å². The lowest BCUT2D eigenvalue weighted by Gasteiger charge is -2.30. The molecule has 3 rings (SSSR count). The zero-order valence-corrected chi connectivity index (χ0v) is 15.4. The Morgan fingerprint density at radius 2 is 2.07 bits per heavy atom. The molecule has 27 heavy (non-hydrogen) atoms. The fraction of sp³-hybridized carbons (Fsp3) is 0.263. The van der Waals surface area contributed by atoms with Gasteiger partial charge in [0.15, 0.2) is 0 Å². The second-order valence-corrected chi connectivity index (χ2v) is 7.94. The summed E-state index contributed by atoms with van der Waals surface area (Å²) >= 11 is 0. The van der Waals surface area contributed by atoms with Crippen LogP contribution in [0, 0.1) is 6.92 Å². The first kappa shape index (κ1) is 19.3. The van der Waals surface area contributed by atoms with Crippen molar-refractivity contribution in [1.82, 2.24) is 0 Å². The molecule has 0 aliphatic carbocycles. The Kier molecular flexibility index (Phi) is 5.21. The first-order valence-electron chi connectivity index (χ1n) is 8.19. The van der Waals surface area contributed by atoms with Gasteiger partial charge in [0.2, 0.25) is 10.0 Å². The molecule has 0 saturated heterocycles. The largest absolute Gasteiger partial charge is 0.485 e. The van der Waals surface area contributed by atoms with Crippen LogP contribution in [-0.4, -0.2) is 15.0 Å². The highest BCUT2D eigenvalue weighted by molar-refractivity contribution is 7.88. The number of ether oxygens (including phenoxy) is 2. The first-order valence-corrected chi connectivity index (χ1v) is 9.90. The average Bonchev–Trinajstić information content (AvgIpc) is 2.56. The van der Waals surface area contributed by atoms with Crippen LogP contribution >= 0.6 is 0 Å². The van der Waals surface area contributed by atoms with Crippen molar-refractivity contribution in [3.63, 3.8) is 0 Å². The highest BCUT2D eigenvalue weighted by atomic mass is 32.2. The van der Waals surface area contributed by atoms with Crippen LogP contribution in [0.4, 0.5) is 8.78 Å². The number of hydrogen-bond acceptors (Lipinski definition) is 4. The van der Waals surface area contributed by atoms with Gasteiger partial charge in [-0.1, -0.05) is 30.3 Å². The van der Waals surface area contributed by atoms with Crippen LogP contribution in [0.3, 0.4) is 0 Å². The summed E-state index contributed by atoms with van der Waals surface area (Å²) < 4.78 is 59.5. The van der Waals surface area contributed by atoms with E-state index in [2.05, 4.69) is 6.58 Å². The van der Waals surface area contributed by atoms with Crippen molar-refractivity contribution in [2.75, 3.05) is 0 Å². The molecule has 1 aliphatic heterocycles. The highest BCUT2D eigenvalue weighted by Gasteiger charge is 2.30. The third-order valence-electron chi connectivity index (χ3n) is 4.27. The van der Waals surface area contributed by atoms with Crippen LogP contribution in [0.1, 0.15) is 29.2 Å². The summed E-state index contributed by atoms with van der Waals surface area (Å²) in [4.78, 5) is 0. The summed E-state index contributed by atoms with van der Waals surface area (Å²) in [7, 11) is -3.71. The number of hydrogen-bond donors (Lipinski definition) is 1. The van der Waals surface area contributed by atoms with Crippen LogP contribution in [-0.2, 0) is 15.8 Å². The van der Waals surface area contributed by atoms with Crippen LogP contribution in [0.5, 0.6) is 11.5 Å². The van der Waals surface area contributed by atoms with Gasteiger partial charge in [0.1, 0.15) is 17.6 Å². The Labute approximate surface area is 156 Å². The van der Waals surface area contributed by atoms with Crippen molar-refractivity contribution >= 4 is 10.0 Å². The van der Waals surface area contributed by atoms with E-state index in [1.807, 2.05) is 0 Å². The van der Waals surface area contributed by atoms with E-state index in [1.54, 1.807) is 43.3 Å². The second-order valence-electron chi connectivity index (χ2n) is 6.32. The molecule has 0 spiro atoms. The number of benzene rings is 2. The van der Waals surface area contributed by atoms with Gasteiger partial charge in [0.05, 0.1) is 11.3 Å². The van der Waals surface area contributed by atoms with E-state index in [0.717, 1.165) is 0 Å². The number of fused-ring (bicyclic) bond motifs is 3. The molecule has 0 radical (unpaired) electrons. The fourth-order valence-corrected chi connectivity index (χ4v) is 3.88. The van der Waals surface area contributed by atoms with Gasteiger partial charge in [-0.2, -0.15) is 8.78 Å². The Bertz CT molecular complexity index is 989. The van der Waals surface area contributed by atoms with Gasteiger partial charge < -0.3 is 9.47 Å². The zero-order valence-electron chi connectivity index (χ0n) is 14.6. The number of aryl methyl sites for hydroxylation is 1. The maximum Gasteiger partial charge on any atom is 0.387 e. The van der Waals surface area contributed by atoms with Crippen LogP contribution in [0.25, 0.3) is 11.1 Å². The van der Waals surface area contributed by atoms with Gasteiger partial charge in [-0.05, 0) is 29.7 Å². The van der Waals surface area contributed by atoms with Crippen molar-refractivity contribution in [2.24, 2.45) is 5.14 Å². The minimum atomic E-state index is -3.71. The smallest absolute Gasteiger partial charge is 0.387 e. The quantitative estimate of drug-likeness (QED) is 0.748. The molecule has 8 heteroatoms. The minimum absolute atomic E-state index is 0.0417. The predicted octanol–water partition coefficient (Wildman–Crippen LogP) is 4.06. The third-order valence-corrected chi connectivity index (χ3v) is 5.01.